The van der Waals surface area contributed by atoms with Gasteiger partial charge in [0, 0.05) is 29.6 Å². The van der Waals surface area contributed by atoms with E-state index in [9.17, 15) is 9.59 Å². The van der Waals surface area contributed by atoms with Crippen LogP contribution in [-0.2, 0) is 6.42 Å². The predicted molar refractivity (Wildman–Crippen MR) is 118 cm³/mol. The number of aromatic nitrogens is 1. The highest BCUT2D eigenvalue weighted by Gasteiger charge is 2.20. The summed E-state index contributed by atoms with van der Waals surface area (Å²) in [4.78, 5) is 27.8. The van der Waals surface area contributed by atoms with E-state index in [0.717, 1.165) is 23.1 Å². The van der Waals surface area contributed by atoms with E-state index < -0.39 is 10.9 Å². The fourth-order valence-corrected chi connectivity index (χ4v) is 3.27. The number of hydrogen-bond acceptors (Lipinski definition) is 5. The molecule has 6 heteroatoms. The van der Waals surface area contributed by atoms with Crippen LogP contribution in [0, 0.1) is 0 Å². The molecule has 2 N–H and O–H groups in total. The molecule has 1 aromatic heterocycles. The van der Waals surface area contributed by atoms with E-state index in [-0.39, 0.29) is 0 Å². The summed E-state index contributed by atoms with van der Waals surface area (Å²) in [6, 6.07) is 19.4. The maximum atomic E-state index is 11.9. The van der Waals surface area contributed by atoms with Crippen LogP contribution in [0.2, 0.25) is 5.02 Å². The molecule has 0 saturated heterocycles. The molecule has 0 aliphatic heterocycles. The molecule has 0 radical (unpaired) electrons. The maximum Gasteiger partial charge on any atom is 0.253 e. The average Bonchev–Trinajstić information content (AvgIpc) is 2.76. The lowest BCUT2D eigenvalue weighted by Crippen LogP contribution is -2.37. The SMILES string of the molecule is O=c1c(NCCc2cccc(-c3ccc(Cl)cc3)c2)c(Nc2ccncc2)c1=O. The van der Waals surface area contributed by atoms with Gasteiger partial charge >= 0.3 is 0 Å². The minimum Gasteiger partial charge on any atom is -0.380 e. The number of hydrogen-bond donors (Lipinski definition) is 2. The lowest BCUT2D eigenvalue weighted by Gasteiger charge is -2.15. The molecule has 5 nitrogen and oxygen atoms in total. The van der Waals surface area contributed by atoms with Gasteiger partial charge in [-0.3, -0.25) is 14.6 Å². The zero-order valence-corrected chi connectivity index (χ0v) is 16.2. The van der Waals surface area contributed by atoms with Crippen LogP contribution >= 0.6 is 11.6 Å². The summed E-state index contributed by atoms with van der Waals surface area (Å²) < 4.78 is 0. The molecule has 144 valence electrons. The van der Waals surface area contributed by atoms with Crippen molar-refractivity contribution in [2.24, 2.45) is 0 Å². The van der Waals surface area contributed by atoms with E-state index in [1.165, 1.54) is 0 Å². The molecule has 0 spiro atoms. The van der Waals surface area contributed by atoms with E-state index in [4.69, 9.17) is 11.6 Å². The van der Waals surface area contributed by atoms with Crippen molar-refractivity contribution >= 4 is 28.7 Å². The molecule has 0 saturated carbocycles. The Morgan fingerprint density at radius 2 is 1.55 bits per heavy atom. The van der Waals surface area contributed by atoms with E-state index in [1.54, 1.807) is 24.5 Å². The van der Waals surface area contributed by atoms with Gasteiger partial charge in [0.2, 0.25) is 0 Å². The molecule has 4 rings (SSSR count). The number of anilines is 3. The van der Waals surface area contributed by atoms with Crippen molar-refractivity contribution in [3.05, 3.63) is 104 Å². The molecule has 0 atom stereocenters. The van der Waals surface area contributed by atoms with Gasteiger partial charge in [-0.15, -0.1) is 0 Å². The quantitative estimate of drug-likeness (QED) is 0.447. The Hall–Kier alpha value is -3.44. The average molecular weight is 404 g/mol. The van der Waals surface area contributed by atoms with Gasteiger partial charge in [-0.2, -0.15) is 0 Å². The van der Waals surface area contributed by atoms with Crippen LogP contribution in [-0.4, -0.2) is 11.5 Å². The third-order valence-electron chi connectivity index (χ3n) is 4.68. The summed E-state index contributed by atoms with van der Waals surface area (Å²) in [5.41, 5.74) is 3.68. The molecule has 29 heavy (non-hydrogen) atoms. The van der Waals surface area contributed by atoms with E-state index in [2.05, 4.69) is 21.7 Å². The second-order valence-corrected chi connectivity index (χ2v) is 7.09. The van der Waals surface area contributed by atoms with Crippen molar-refractivity contribution in [1.82, 2.24) is 4.98 Å². The highest BCUT2D eigenvalue weighted by molar-refractivity contribution is 6.30. The van der Waals surface area contributed by atoms with Crippen LogP contribution in [0.25, 0.3) is 11.1 Å². The van der Waals surface area contributed by atoms with Crippen molar-refractivity contribution in [2.45, 2.75) is 6.42 Å². The number of rotatable bonds is 7. The Labute approximate surface area is 172 Å². The lowest BCUT2D eigenvalue weighted by atomic mass is 10.0. The third-order valence-corrected chi connectivity index (χ3v) is 4.93. The summed E-state index contributed by atoms with van der Waals surface area (Å²) >= 11 is 5.96. The Bertz CT molecular complexity index is 1200. The van der Waals surface area contributed by atoms with Gasteiger partial charge in [0.05, 0.1) is 0 Å². The fourth-order valence-electron chi connectivity index (χ4n) is 3.14. The Morgan fingerprint density at radius 1 is 0.828 bits per heavy atom. The molecule has 3 aromatic carbocycles. The Morgan fingerprint density at radius 3 is 2.31 bits per heavy atom. The topological polar surface area (TPSA) is 71.1 Å². The normalized spacial score (nSPS) is 10.8. The summed E-state index contributed by atoms with van der Waals surface area (Å²) in [5, 5.41) is 6.79. The molecule has 0 bridgehead atoms. The molecule has 0 unspecified atom stereocenters. The maximum absolute atomic E-state index is 11.9. The molecular formula is C23H18ClN3O2. The van der Waals surface area contributed by atoms with Gasteiger partial charge < -0.3 is 10.6 Å². The van der Waals surface area contributed by atoms with Crippen LogP contribution in [0.1, 0.15) is 5.56 Å². The van der Waals surface area contributed by atoms with Gasteiger partial charge in [0.25, 0.3) is 10.9 Å². The summed E-state index contributed by atoms with van der Waals surface area (Å²) in [5.74, 6) is 0. The van der Waals surface area contributed by atoms with Crippen LogP contribution in [0.15, 0.2) is 82.6 Å². The van der Waals surface area contributed by atoms with Crippen molar-refractivity contribution in [3.63, 3.8) is 0 Å². The van der Waals surface area contributed by atoms with Crippen LogP contribution in [0.3, 0.4) is 0 Å². The molecule has 0 aliphatic carbocycles. The van der Waals surface area contributed by atoms with Gasteiger partial charge in [-0.05, 0) is 47.4 Å². The van der Waals surface area contributed by atoms with Gasteiger partial charge in [-0.1, -0.05) is 48.0 Å². The minimum absolute atomic E-state index is 0.302. The van der Waals surface area contributed by atoms with Crippen molar-refractivity contribution in [2.75, 3.05) is 17.2 Å². The van der Waals surface area contributed by atoms with Gasteiger partial charge in [0.1, 0.15) is 11.4 Å². The molecule has 0 aliphatic rings. The number of pyridine rings is 1. The van der Waals surface area contributed by atoms with E-state index >= 15 is 0 Å². The van der Waals surface area contributed by atoms with E-state index in [0.29, 0.717) is 28.6 Å². The van der Waals surface area contributed by atoms with Gasteiger partial charge in [0.15, 0.2) is 0 Å². The molecule has 0 fully saturated rings. The smallest absolute Gasteiger partial charge is 0.253 e. The van der Waals surface area contributed by atoms with Crippen LogP contribution in [0.4, 0.5) is 17.1 Å². The summed E-state index contributed by atoms with van der Waals surface area (Å²) in [6.45, 7) is 0.542. The Kier molecular flexibility index (Phi) is 5.40. The predicted octanol–water partition coefficient (Wildman–Crippen LogP) is 4.40. The first-order valence-electron chi connectivity index (χ1n) is 9.21. The van der Waals surface area contributed by atoms with Crippen molar-refractivity contribution in [3.8, 4) is 11.1 Å². The first-order chi connectivity index (χ1) is 14.1. The van der Waals surface area contributed by atoms with Crippen LogP contribution < -0.4 is 21.5 Å². The Balaban J connectivity index is 1.42. The zero-order valence-electron chi connectivity index (χ0n) is 15.5. The second kappa shape index (κ2) is 8.29. The number of halogens is 1. The van der Waals surface area contributed by atoms with Crippen molar-refractivity contribution in [1.29, 1.82) is 0 Å². The monoisotopic (exact) mass is 403 g/mol. The minimum atomic E-state index is -0.506. The zero-order chi connectivity index (χ0) is 20.2. The highest BCUT2D eigenvalue weighted by Crippen LogP contribution is 2.23. The standard InChI is InChI=1S/C23H18ClN3O2/c24-18-6-4-16(5-7-18)17-3-1-2-15(14-17)8-13-26-20-21(23(29)22(20)28)27-19-9-11-25-12-10-19/h1-7,9-12,14,26H,8,13H2,(H,25,27). The van der Waals surface area contributed by atoms with Crippen LogP contribution in [0.5, 0.6) is 0 Å². The number of benzene rings is 2. The lowest BCUT2D eigenvalue weighted by molar-refractivity contribution is 1.01. The molecular weight excluding hydrogens is 386 g/mol. The van der Waals surface area contributed by atoms with E-state index in [1.807, 2.05) is 42.5 Å². The second-order valence-electron chi connectivity index (χ2n) is 6.65. The van der Waals surface area contributed by atoms with Gasteiger partial charge in [-0.25, -0.2) is 0 Å². The molecule has 4 aromatic rings. The fraction of sp³-hybridized carbons (Fsp3) is 0.0870. The first-order valence-corrected chi connectivity index (χ1v) is 9.59. The largest absolute Gasteiger partial charge is 0.380 e. The third kappa shape index (κ3) is 4.20. The molecule has 1 heterocycles. The number of nitrogens with one attached hydrogen (secondary N) is 2. The summed E-state index contributed by atoms with van der Waals surface area (Å²) in [7, 11) is 0. The van der Waals surface area contributed by atoms with Crippen molar-refractivity contribution < 1.29 is 0 Å². The summed E-state index contributed by atoms with van der Waals surface area (Å²) in [6.07, 6.45) is 3.96. The highest BCUT2D eigenvalue weighted by atomic mass is 35.5. The first kappa shape index (κ1) is 18.9. The number of nitrogens with zero attached hydrogens (tertiary/aromatic N) is 1. The molecule has 0 amide bonds.